The van der Waals surface area contributed by atoms with E-state index >= 15 is 0 Å². The second kappa shape index (κ2) is 6.86. The summed E-state index contributed by atoms with van der Waals surface area (Å²) in [6.07, 6.45) is 2.33. The summed E-state index contributed by atoms with van der Waals surface area (Å²) in [6.45, 7) is 6.97. The molecule has 1 aliphatic heterocycles. The molecular weight excluding hydrogens is 318 g/mol. The van der Waals surface area contributed by atoms with Crippen molar-refractivity contribution in [3.05, 3.63) is 30.2 Å². The molecule has 1 fully saturated rings. The van der Waals surface area contributed by atoms with E-state index in [1.165, 1.54) is 0 Å². The van der Waals surface area contributed by atoms with Crippen molar-refractivity contribution in [2.75, 3.05) is 13.7 Å². The van der Waals surface area contributed by atoms with Gasteiger partial charge in [0.1, 0.15) is 11.8 Å². The van der Waals surface area contributed by atoms with Crippen molar-refractivity contribution >= 4 is 5.91 Å². The predicted octanol–water partition coefficient (Wildman–Crippen LogP) is 3.84. The van der Waals surface area contributed by atoms with E-state index in [2.05, 4.69) is 30.9 Å². The fourth-order valence-electron chi connectivity index (χ4n) is 3.13. The van der Waals surface area contributed by atoms with E-state index < -0.39 is 0 Å². The van der Waals surface area contributed by atoms with Crippen LogP contribution in [0.5, 0.6) is 5.75 Å². The highest BCUT2D eigenvalue weighted by Crippen LogP contribution is 2.34. The van der Waals surface area contributed by atoms with Gasteiger partial charge in [0, 0.05) is 18.5 Å². The second-order valence-electron chi connectivity index (χ2n) is 7.67. The third-order valence-corrected chi connectivity index (χ3v) is 4.31. The van der Waals surface area contributed by atoms with Gasteiger partial charge in [-0.2, -0.15) is 4.98 Å². The third kappa shape index (κ3) is 4.00. The van der Waals surface area contributed by atoms with Crippen LogP contribution in [0.25, 0.3) is 11.4 Å². The molecule has 0 bridgehead atoms. The lowest BCUT2D eigenvalue weighted by molar-refractivity contribution is -0.134. The highest BCUT2D eigenvalue weighted by Gasteiger charge is 2.35. The van der Waals surface area contributed by atoms with Gasteiger partial charge >= 0.3 is 0 Å². The van der Waals surface area contributed by atoms with Gasteiger partial charge in [-0.15, -0.1) is 0 Å². The average molecular weight is 343 g/mol. The van der Waals surface area contributed by atoms with Gasteiger partial charge in [0.05, 0.1) is 7.11 Å². The Hall–Kier alpha value is -2.37. The number of carbonyl (C=O) groups excluding carboxylic acids is 1. The molecule has 6 nitrogen and oxygen atoms in total. The van der Waals surface area contributed by atoms with Crippen LogP contribution in [-0.4, -0.2) is 34.6 Å². The Balaban J connectivity index is 1.80. The Kier molecular flexibility index (Phi) is 4.79. The molecule has 1 atom stereocenters. The quantitative estimate of drug-likeness (QED) is 0.843. The Morgan fingerprint density at radius 3 is 2.92 bits per heavy atom. The number of methoxy groups -OCH3 is 1. The van der Waals surface area contributed by atoms with Crippen molar-refractivity contribution in [1.82, 2.24) is 15.0 Å². The van der Waals surface area contributed by atoms with Gasteiger partial charge in [0.15, 0.2) is 0 Å². The van der Waals surface area contributed by atoms with Gasteiger partial charge in [-0.3, -0.25) is 4.79 Å². The molecule has 1 aromatic carbocycles. The molecule has 0 spiro atoms. The molecule has 1 saturated heterocycles. The number of ether oxygens (including phenoxy) is 1. The zero-order chi connectivity index (χ0) is 18.0. The number of rotatable bonds is 4. The lowest BCUT2D eigenvalue weighted by atomic mass is 9.91. The van der Waals surface area contributed by atoms with Crippen LogP contribution in [0.3, 0.4) is 0 Å². The first kappa shape index (κ1) is 17.5. The van der Waals surface area contributed by atoms with Crippen LogP contribution in [0.4, 0.5) is 0 Å². The van der Waals surface area contributed by atoms with E-state index in [4.69, 9.17) is 9.26 Å². The van der Waals surface area contributed by atoms with Gasteiger partial charge in [0.2, 0.25) is 17.6 Å². The van der Waals surface area contributed by atoms with Crippen LogP contribution in [0.2, 0.25) is 0 Å². The summed E-state index contributed by atoms with van der Waals surface area (Å²) in [5, 5.41) is 4.10. The number of hydrogen-bond donors (Lipinski definition) is 0. The van der Waals surface area contributed by atoms with E-state index in [1.807, 2.05) is 29.2 Å². The molecule has 25 heavy (non-hydrogen) atoms. The maximum absolute atomic E-state index is 12.6. The topological polar surface area (TPSA) is 68.5 Å². The van der Waals surface area contributed by atoms with Gasteiger partial charge in [-0.25, -0.2) is 0 Å². The van der Waals surface area contributed by atoms with Crippen LogP contribution in [-0.2, 0) is 4.79 Å². The minimum atomic E-state index is -0.123. The molecule has 2 heterocycles. The number of carbonyl (C=O) groups is 1. The number of hydrogen-bond acceptors (Lipinski definition) is 5. The SMILES string of the molecule is COc1cccc(-c2noc(C3CCCN3C(=O)CC(C)(C)C)n2)c1. The molecule has 1 aromatic heterocycles. The summed E-state index contributed by atoms with van der Waals surface area (Å²) in [6, 6.07) is 7.41. The van der Waals surface area contributed by atoms with Crippen molar-refractivity contribution in [2.24, 2.45) is 5.41 Å². The zero-order valence-electron chi connectivity index (χ0n) is 15.3. The zero-order valence-corrected chi connectivity index (χ0v) is 15.3. The van der Waals surface area contributed by atoms with Gasteiger partial charge in [-0.1, -0.05) is 38.1 Å². The molecule has 0 N–H and O–H groups in total. The maximum atomic E-state index is 12.6. The Labute approximate surface area is 148 Å². The van der Waals surface area contributed by atoms with Crippen molar-refractivity contribution in [3.8, 4) is 17.1 Å². The normalized spacial score (nSPS) is 17.8. The number of amides is 1. The first-order valence-electron chi connectivity index (χ1n) is 8.65. The summed E-state index contributed by atoms with van der Waals surface area (Å²) in [5.74, 6) is 1.92. The smallest absolute Gasteiger partial charge is 0.249 e. The predicted molar refractivity (Wildman–Crippen MR) is 94.0 cm³/mol. The molecule has 2 aromatic rings. The molecule has 0 radical (unpaired) electrons. The lowest BCUT2D eigenvalue weighted by Gasteiger charge is -2.26. The molecule has 1 amide bonds. The summed E-state index contributed by atoms with van der Waals surface area (Å²) in [4.78, 5) is 19.0. The molecule has 1 unspecified atom stereocenters. The number of likely N-dealkylation sites (tertiary alicyclic amines) is 1. The highest BCUT2D eigenvalue weighted by atomic mass is 16.5. The van der Waals surface area contributed by atoms with Gasteiger partial charge in [0.25, 0.3) is 0 Å². The monoisotopic (exact) mass is 343 g/mol. The number of benzene rings is 1. The van der Waals surface area contributed by atoms with Crippen LogP contribution in [0.15, 0.2) is 28.8 Å². The second-order valence-corrected chi connectivity index (χ2v) is 7.67. The van der Waals surface area contributed by atoms with Crippen LogP contribution in [0.1, 0.15) is 52.0 Å². The van der Waals surface area contributed by atoms with Gasteiger partial charge < -0.3 is 14.2 Å². The summed E-state index contributed by atoms with van der Waals surface area (Å²) in [7, 11) is 1.62. The van der Waals surface area contributed by atoms with Crippen molar-refractivity contribution in [1.29, 1.82) is 0 Å². The molecule has 134 valence electrons. The van der Waals surface area contributed by atoms with Crippen LogP contribution in [0, 0.1) is 5.41 Å². The van der Waals surface area contributed by atoms with Gasteiger partial charge in [-0.05, 0) is 30.4 Å². The van der Waals surface area contributed by atoms with E-state index in [-0.39, 0.29) is 17.4 Å². The highest BCUT2D eigenvalue weighted by molar-refractivity contribution is 5.77. The molecule has 0 saturated carbocycles. The average Bonchev–Trinajstić information content (AvgIpc) is 3.22. The number of nitrogens with zero attached hydrogens (tertiary/aromatic N) is 3. The molecule has 1 aliphatic rings. The minimum absolute atomic E-state index is 0.0369. The Morgan fingerprint density at radius 2 is 2.20 bits per heavy atom. The first-order valence-corrected chi connectivity index (χ1v) is 8.65. The maximum Gasteiger partial charge on any atom is 0.249 e. The van der Waals surface area contributed by atoms with Crippen molar-refractivity contribution in [2.45, 2.75) is 46.1 Å². The van der Waals surface area contributed by atoms with E-state index in [0.717, 1.165) is 30.7 Å². The summed E-state index contributed by atoms with van der Waals surface area (Å²) in [5.41, 5.74) is 0.796. The van der Waals surface area contributed by atoms with Crippen LogP contribution >= 0.6 is 0 Å². The van der Waals surface area contributed by atoms with Crippen molar-refractivity contribution < 1.29 is 14.1 Å². The first-order chi connectivity index (χ1) is 11.9. The Morgan fingerprint density at radius 1 is 1.40 bits per heavy atom. The fraction of sp³-hybridized carbons (Fsp3) is 0.526. The van der Waals surface area contributed by atoms with E-state index in [0.29, 0.717) is 18.1 Å². The molecule has 3 rings (SSSR count). The summed E-state index contributed by atoms with van der Waals surface area (Å²) >= 11 is 0. The van der Waals surface area contributed by atoms with Crippen molar-refractivity contribution in [3.63, 3.8) is 0 Å². The number of aromatic nitrogens is 2. The molecule has 0 aliphatic carbocycles. The largest absolute Gasteiger partial charge is 0.497 e. The lowest BCUT2D eigenvalue weighted by Crippen LogP contribution is -2.33. The fourth-order valence-corrected chi connectivity index (χ4v) is 3.13. The van der Waals surface area contributed by atoms with E-state index in [1.54, 1.807) is 7.11 Å². The van der Waals surface area contributed by atoms with Crippen LogP contribution < -0.4 is 4.74 Å². The Bertz CT molecular complexity index is 748. The molecule has 6 heteroatoms. The summed E-state index contributed by atoms with van der Waals surface area (Å²) < 4.78 is 10.7. The molecular formula is C19H25N3O3. The standard InChI is InChI=1S/C19H25N3O3/c1-19(2,3)12-16(23)22-10-6-9-15(22)18-20-17(21-25-18)13-7-5-8-14(11-13)24-4/h5,7-8,11,15H,6,9-10,12H2,1-4H3. The minimum Gasteiger partial charge on any atom is -0.497 e. The third-order valence-electron chi connectivity index (χ3n) is 4.31. The van der Waals surface area contributed by atoms with E-state index in [9.17, 15) is 4.79 Å².